The summed E-state index contributed by atoms with van der Waals surface area (Å²) in [6, 6.07) is 0. The number of hydrogen-bond donors (Lipinski definition) is 2. The number of anilines is 2. The zero-order valence-electron chi connectivity index (χ0n) is 8.50. The molecule has 0 aliphatic heterocycles. The van der Waals surface area contributed by atoms with Crippen LogP contribution in [0.3, 0.4) is 0 Å². The predicted octanol–water partition coefficient (Wildman–Crippen LogP) is -0.902. The van der Waals surface area contributed by atoms with Crippen LogP contribution in [0.2, 0.25) is 0 Å². The molecule has 1 heterocycles. The number of nitrogens with one attached hydrogen (secondary N) is 1. The van der Waals surface area contributed by atoms with E-state index in [1.165, 1.54) is 11.6 Å². The third kappa shape index (κ3) is 1.39. The van der Waals surface area contributed by atoms with Crippen molar-refractivity contribution < 1.29 is 0 Å². The summed E-state index contributed by atoms with van der Waals surface area (Å²) < 4.78 is 2.30. The highest BCUT2D eigenvalue weighted by Gasteiger charge is 2.11. The molecule has 0 radical (unpaired) electrons. The average Bonchev–Trinajstić information content (AvgIpc) is 2.19. The third-order valence-corrected chi connectivity index (χ3v) is 2.04. The van der Waals surface area contributed by atoms with E-state index < -0.39 is 5.56 Å². The second-order valence-electron chi connectivity index (χ2n) is 3.00. The van der Waals surface area contributed by atoms with Crippen LogP contribution in [0.25, 0.3) is 0 Å². The predicted molar refractivity (Wildman–Crippen MR) is 55.5 cm³/mol. The quantitative estimate of drug-likeness (QED) is 0.645. The van der Waals surface area contributed by atoms with E-state index in [-0.39, 0.29) is 11.4 Å². The van der Waals surface area contributed by atoms with E-state index in [1.807, 2.05) is 6.92 Å². The molecule has 0 aromatic carbocycles. The van der Waals surface area contributed by atoms with Gasteiger partial charge in [0.2, 0.25) is 0 Å². The maximum Gasteiger partial charge on any atom is 0.332 e. The van der Waals surface area contributed by atoms with Gasteiger partial charge in [0.15, 0.2) is 0 Å². The molecule has 6 nitrogen and oxygen atoms in total. The van der Waals surface area contributed by atoms with E-state index in [9.17, 15) is 9.59 Å². The van der Waals surface area contributed by atoms with Gasteiger partial charge in [-0.2, -0.15) is 0 Å². The number of nitrogens with two attached hydrogens (primary N) is 1. The summed E-state index contributed by atoms with van der Waals surface area (Å²) in [7, 11) is 2.97. The lowest BCUT2D eigenvalue weighted by molar-refractivity contribution is 0.693. The zero-order chi connectivity index (χ0) is 10.9. The van der Waals surface area contributed by atoms with E-state index in [0.29, 0.717) is 12.4 Å². The molecule has 3 N–H and O–H groups in total. The van der Waals surface area contributed by atoms with Crippen LogP contribution < -0.4 is 22.3 Å². The molecule has 1 aromatic rings. The van der Waals surface area contributed by atoms with Crippen LogP contribution in [0.4, 0.5) is 11.5 Å². The maximum atomic E-state index is 11.5. The summed E-state index contributed by atoms with van der Waals surface area (Å²) in [5.74, 6) is 0.376. The molecular formula is C8H14N4O2. The Bertz CT molecular complexity index is 420. The summed E-state index contributed by atoms with van der Waals surface area (Å²) >= 11 is 0. The van der Waals surface area contributed by atoms with Crippen molar-refractivity contribution in [1.29, 1.82) is 0 Å². The first-order valence-electron chi connectivity index (χ1n) is 4.30. The fourth-order valence-electron chi connectivity index (χ4n) is 1.25. The van der Waals surface area contributed by atoms with Gasteiger partial charge in [-0.3, -0.25) is 13.9 Å². The first-order chi connectivity index (χ1) is 6.50. The lowest BCUT2D eigenvalue weighted by atomic mass is 10.4. The van der Waals surface area contributed by atoms with Crippen molar-refractivity contribution in [3.8, 4) is 0 Å². The number of nitrogen functional groups attached to an aromatic ring is 1. The van der Waals surface area contributed by atoms with Crippen LogP contribution in [-0.4, -0.2) is 15.7 Å². The molecule has 0 amide bonds. The fraction of sp³-hybridized carbons (Fsp3) is 0.500. The van der Waals surface area contributed by atoms with E-state index in [2.05, 4.69) is 5.32 Å². The normalized spacial score (nSPS) is 10.2. The Kier molecular flexibility index (Phi) is 2.64. The topological polar surface area (TPSA) is 82.1 Å². The van der Waals surface area contributed by atoms with Gasteiger partial charge in [-0.1, -0.05) is 0 Å². The van der Waals surface area contributed by atoms with Crippen LogP contribution in [0.5, 0.6) is 0 Å². The lowest BCUT2D eigenvalue weighted by Crippen LogP contribution is -2.39. The minimum Gasteiger partial charge on any atom is -0.391 e. The molecule has 1 rings (SSSR count). The monoisotopic (exact) mass is 198 g/mol. The van der Waals surface area contributed by atoms with Crippen molar-refractivity contribution in [3.63, 3.8) is 0 Å². The Morgan fingerprint density at radius 1 is 1.29 bits per heavy atom. The molecule has 0 aliphatic carbocycles. The first kappa shape index (κ1) is 10.4. The van der Waals surface area contributed by atoms with Crippen molar-refractivity contribution in [2.75, 3.05) is 17.6 Å². The summed E-state index contributed by atoms with van der Waals surface area (Å²) in [5.41, 5.74) is 4.79. The van der Waals surface area contributed by atoms with Crippen LogP contribution in [0.15, 0.2) is 9.59 Å². The molecular weight excluding hydrogens is 184 g/mol. The molecule has 0 unspecified atom stereocenters. The van der Waals surface area contributed by atoms with Gasteiger partial charge in [0.1, 0.15) is 11.5 Å². The highest BCUT2D eigenvalue weighted by Crippen LogP contribution is 2.08. The van der Waals surface area contributed by atoms with E-state index in [4.69, 9.17) is 5.73 Å². The maximum absolute atomic E-state index is 11.5. The van der Waals surface area contributed by atoms with Gasteiger partial charge in [0.05, 0.1) is 0 Å². The van der Waals surface area contributed by atoms with Gasteiger partial charge >= 0.3 is 5.69 Å². The van der Waals surface area contributed by atoms with Crippen molar-refractivity contribution >= 4 is 11.5 Å². The SMILES string of the molecule is CCNc1c(N)c(=O)n(C)c(=O)n1C. The van der Waals surface area contributed by atoms with Gasteiger partial charge in [-0.15, -0.1) is 0 Å². The van der Waals surface area contributed by atoms with E-state index in [1.54, 1.807) is 7.05 Å². The van der Waals surface area contributed by atoms with Crippen molar-refractivity contribution in [1.82, 2.24) is 9.13 Å². The van der Waals surface area contributed by atoms with E-state index in [0.717, 1.165) is 4.57 Å². The molecule has 0 atom stereocenters. The summed E-state index contributed by atoms with van der Waals surface area (Å²) in [6.45, 7) is 2.46. The van der Waals surface area contributed by atoms with Gasteiger partial charge in [0.25, 0.3) is 5.56 Å². The molecule has 0 saturated carbocycles. The highest BCUT2D eigenvalue weighted by molar-refractivity contribution is 5.59. The second kappa shape index (κ2) is 3.57. The Hall–Kier alpha value is -1.72. The third-order valence-electron chi connectivity index (χ3n) is 2.04. The Labute approximate surface area is 81.0 Å². The fourth-order valence-corrected chi connectivity index (χ4v) is 1.25. The first-order valence-corrected chi connectivity index (χ1v) is 4.30. The van der Waals surface area contributed by atoms with Crippen molar-refractivity contribution in [2.45, 2.75) is 6.92 Å². The minimum atomic E-state index is -0.468. The summed E-state index contributed by atoms with van der Waals surface area (Å²) in [4.78, 5) is 22.9. The summed E-state index contributed by atoms with van der Waals surface area (Å²) in [5, 5.41) is 2.88. The molecule has 0 spiro atoms. The standard InChI is InChI=1S/C8H14N4O2/c1-4-10-6-5(9)7(13)12(3)8(14)11(6)2/h10H,4,9H2,1-3H3. The number of nitrogens with zero attached hydrogens (tertiary/aromatic N) is 2. The Balaban J connectivity index is 3.60. The Morgan fingerprint density at radius 3 is 2.36 bits per heavy atom. The molecule has 1 aromatic heterocycles. The second-order valence-corrected chi connectivity index (χ2v) is 3.00. The van der Waals surface area contributed by atoms with E-state index >= 15 is 0 Å². The smallest absolute Gasteiger partial charge is 0.332 e. The molecule has 0 saturated heterocycles. The number of hydrogen-bond acceptors (Lipinski definition) is 4. The highest BCUT2D eigenvalue weighted by atomic mass is 16.2. The van der Waals surface area contributed by atoms with Crippen LogP contribution >= 0.6 is 0 Å². The molecule has 0 bridgehead atoms. The van der Waals surface area contributed by atoms with Crippen LogP contribution in [0.1, 0.15) is 6.92 Å². The molecule has 6 heteroatoms. The largest absolute Gasteiger partial charge is 0.391 e. The number of aromatic nitrogens is 2. The van der Waals surface area contributed by atoms with Gasteiger partial charge in [-0.05, 0) is 6.92 Å². The van der Waals surface area contributed by atoms with Crippen molar-refractivity contribution in [2.24, 2.45) is 14.1 Å². The lowest BCUT2D eigenvalue weighted by Gasteiger charge is -2.12. The van der Waals surface area contributed by atoms with Crippen molar-refractivity contribution in [3.05, 3.63) is 20.8 Å². The van der Waals surface area contributed by atoms with Gasteiger partial charge < -0.3 is 11.1 Å². The zero-order valence-corrected chi connectivity index (χ0v) is 8.50. The Morgan fingerprint density at radius 2 is 1.86 bits per heavy atom. The molecule has 0 fully saturated rings. The molecule has 78 valence electrons. The average molecular weight is 198 g/mol. The molecule has 0 aliphatic rings. The van der Waals surface area contributed by atoms with Gasteiger partial charge in [-0.25, -0.2) is 4.79 Å². The minimum absolute atomic E-state index is 0.0662. The van der Waals surface area contributed by atoms with Crippen LogP contribution in [0, 0.1) is 0 Å². The van der Waals surface area contributed by atoms with Crippen LogP contribution in [-0.2, 0) is 14.1 Å². The molecule has 14 heavy (non-hydrogen) atoms. The summed E-state index contributed by atoms with van der Waals surface area (Å²) in [6.07, 6.45) is 0. The number of rotatable bonds is 2. The van der Waals surface area contributed by atoms with Gasteiger partial charge in [0, 0.05) is 20.6 Å².